The molecule has 0 radical (unpaired) electrons. The lowest BCUT2D eigenvalue weighted by molar-refractivity contribution is 0.0338. The second-order valence-electron chi connectivity index (χ2n) is 6.14. The minimum absolute atomic E-state index is 0.0868. The van der Waals surface area contributed by atoms with Crippen molar-refractivity contribution < 1.29 is 14.3 Å². The van der Waals surface area contributed by atoms with Crippen LogP contribution in [0.5, 0.6) is 0 Å². The molecule has 0 aromatic heterocycles. The van der Waals surface area contributed by atoms with Crippen LogP contribution in [0.4, 0.5) is 4.79 Å². The highest BCUT2D eigenvalue weighted by Crippen LogP contribution is 2.18. The van der Waals surface area contributed by atoms with Crippen molar-refractivity contribution in [1.29, 1.82) is 0 Å². The predicted molar refractivity (Wildman–Crippen MR) is 97.2 cm³/mol. The largest absolute Gasteiger partial charge is 0.454 e. The van der Waals surface area contributed by atoms with E-state index in [1.165, 1.54) is 0 Å². The molecule has 5 heteroatoms. The topological polar surface area (TPSA) is 67.4 Å². The summed E-state index contributed by atoms with van der Waals surface area (Å²) in [5.74, 6) is -0.367. The summed E-state index contributed by atoms with van der Waals surface area (Å²) in [5, 5.41) is 5.52. The molecule has 0 heterocycles. The van der Waals surface area contributed by atoms with Crippen LogP contribution in [-0.2, 0) is 11.3 Å². The summed E-state index contributed by atoms with van der Waals surface area (Å²) in [4.78, 5) is 23.8. The maximum absolute atomic E-state index is 12.2. The molecule has 0 saturated heterocycles. The van der Waals surface area contributed by atoms with Crippen molar-refractivity contribution in [2.45, 2.75) is 39.5 Å². The van der Waals surface area contributed by atoms with E-state index in [-0.39, 0.29) is 24.1 Å². The van der Waals surface area contributed by atoms with Crippen molar-refractivity contribution >= 4 is 12.0 Å². The zero-order chi connectivity index (χ0) is 18.2. The van der Waals surface area contributed by atoms with Crippen LogP contribution in [-0.4, -0.2) is 18.0 Å². The molecule has 0 bridgehead atoms. The van der Waals surface area contributed by atoms with Crippen molar-refractivity contribution in [2.24, 2.45) is 0 Å². The number of amides is 2. The second-order valence-corrected chi connectivity index (χ2v) is 6.14. The minimum Gasteiger partial charge on any atom is -0.454 e. The molecule has 2 N–H and O–H groups in total. The van der Waals surface area contributed by atoms with Gasteiger partial charge in [0.05, 0.1) is 5.56 Å². The molecule has 25 heavy (non-hydrogen) atoms. The summed E-state index contributed by atoms with van der Waals surface area (Å²) in [6.45, 7) is 6.04. The van der Waals surface area contributed by atoms with Crippen LogP contribution < -0.4 is 10.6 Å². The van der Waals surface area contributed by atoms with Gasteiger partial charge in [0.2, 0.25) is 0 Å². The van der Waals surface area contributed by atoms with Gasteiger partial charge in [-0.05, 0) is 44.0 Å². The molecule has 2 aromatic carbocycles. The molecule has 0 saturated carbocycles. The van der Waals surface area contributed by atoms with Gasteiger partial charge in [0.25, 0.3) is 0 Å². The third-order valence-electron chi connectivity index (χ3n) is 3.62. The molecule has 2 aromatic rings. The lowest BCUT2D eigenvalue weighted by Crippen LogP contribution is -2.39. The number of ether oxygens (including phenoxy) is 1. The van der Waals surface area contributed by atoms with E-state index in [0.29, 0.717) is 12.1 Å². The Morgan fingerprint density at radius 2 is 1.60 bits per heavy atom. The lowest BCUT2D eigenvalue weighted by Gasteiger charge is -2.14. The molecule has 5 nitrogen and oxygen atoms in total. The average molecular weight is 340 g/mol. The Bertz CT molecular complexity index is 697. The molecule has 1 atom stereocenters. The highest BCUT2D eigenvalue weighted by molar-refractivity contribution is 5.89. The van der Waals surface area contributed by atoms with E-state index in [9.17, 15) is 9.59 Å². The standard InChI is InChI=1S/C20H24N2O3/c1-14(2)22-20(24)21-13-16-9-11-18(12-10-16)19(23)25-15(3)17-7-5-4-6-8-17/h4-12,14-15H,13H2,1-3H3,(H2,21,22,24)/t15-/m0/s1. The number of urea groups is 1. The molecular formula is C20H24N2O3. The average Bonchev–Trinajstić information content (AvgIpc) is 2.60. The third kappa shape index (κ3) is 5.95. The fourth-order valence-corrected chi connectivity index (χ4v) is 2.27. The van der Waals surface area contributed by atoms with Crippen molar-refractivity contribution in [2.75, 3.05) is 0 Å². The van der Waals surface area contributed by atoms with Crippen molar-refractivity contribution in [3.05, 3.63) is 71.3 Å². The number of carbonyl (C=O) groups excluding carboxylic acids is 2. The summed E-state index contributed by atoms with van der Waals surface area (Å²) < 4.78 is 5.49. The molecule has 132 valence electrons. The van der Waals surface area contributed by atoms with Crippen LogP contribution in [0.15, 0.2) is 54.6 Å². The predicted octanol–water partition coefficient (Wildman–Crippen LogP) is 3.81. The smallest absolute Gasteiger partial charge is 0.338 e. The Morgan fingerprint density at radius 3 is 2.20 bits per heavy atom. The highest BCUT2D eigenvalue weighted by Gasteiger charge is 2.13. The zero-order valence-corrected chi connectivity index (χ0v) is 14.8. The van der Waals surface area contributed by atoms with Gasteiger partial charge in [-0.2, -0.15) is 0 Å². The Hall–Kier alpha value is -2.82. The van der Waals surface area contributed by atoms with E-state index in [2.05, 4.69) is 10.6 Å². The molecular weight excluding hydrogens is 316 g/mol. The van der Waals surface area contributed by atoms with Crippen LogP contribution in [0.2, 0.25) is 0 Å². The maximum Gasteiger partial charge on any atom is 0.338 e. The quantitative estimate of drug-likeness (QED) is 0.786. The van der Waals surface area contributed by atoms with Crippen LogP contribution in [0.3, 0.4) is 0 Å². The van der Waals surface area contributed by atoms with Gasteiger partial charge >= 0.3 is 12.0 Å². The Kier molecular flexibility index (Phi) is 6.57. The first-order chi connectivity index (χ1) is 12.0. The Labute approximate surface area is 148 Å². The van der Waals surface area contributed by atoms with Gasteiger partial charge in [-0.1, -0.05) is 42.5 Å². The van der Waals surface area contributed by atoms with Gasteiger partial charge < -0.3 is 15.4 Å². The maximum atomic E-state index is 12.2. The summed E-state index contributed by atoms with van der Waals surface area (Å²) in [7, 11) is 0. The van der Waals surface area contributed by atoms with Gasteiger partial charge in [0, 0.05) is 12.6 Å². The summed E-state index contributed by atoms with van der Waals surface area (Å²) in [5.41, 5.74) is 2.34. The van der Waals surface area contributed by atoms with Crippen LogP contribution >= 0.6 is 0 Å². The minimum atomic E-state index is -0.367. The van der Waals surface area contributed by atoms with Crippen LogP contribution in [0, 0.1) is 0 Å². The van der Waals surface area contributed by atoms with Crippen molar-refractivity contribution in [1.82, 2.24) is 10.6 Å². The second kappa shape index (κ2) is 8.87. The molecule has 2 rings (SSSR count). The molecule has 0 aliphatic carbocycles. The fraction of sp³-hybridized carbons (Fsp3) is 0.300. The first-order valence-electron chi connectivity index (χ1n) is 8.35. The zero-order valence-electron chi connectivity index (χ0n) is 14.8. The van der Waals surface area contributed by atoms with Crippen molar-refractivity contribution in [3.63, 3.8) is 0 Å². The number of carbonyl (C=O) groups is 2. The summed E-state index contributed by atoms with van der Waals surface area (Å²) >= 11 is 0. The lowest BCUT2D eigenvalue weighted by atomic mass is 10.1. The van der Waals surface area contributed by atoms with Gasteiger partial charge in [0.1, 0.15) is 6.10 Å². The van der Waals surface area contributed by atoms with Gasteiger partial charge in [-0.15, -0.1) is 0 Å². The SMILES string of the molecule is CC(C)NC(=O)NCc1ccc(C(=O)O[C@@H](C)c2ccccc2)cc1. The van der Waals surface area contributed by atoms with E-state index < -0.39 is 0 Å². The summed E-state index contributed by atoms with van der Waals surface area (Å²) in [6.07, 6.45) is -0.310. The number of hydrogen-bond acceptors (Lipinski definition) is 3. The molecule has 0 spiro atoms. The highest BCUT2D eigenvalue weighted by atomic mass is 16.5. The van der Waals surface area contributed by atoms with E-state index in [0.717, 1.165) is 11.1 Å². The van der Waals surface area contributed by atoms with Crippen LogP contribution in [0.1, 0.15) is 48.4 Å². The number of benzene rings is 2. The Morgan fingerprint density at radius 1 is 0.960 bits per heavy atom. The number of hydrogen-bond donors (Lipinski definition) is 2. The number of esters is 1. The fourth-order valence-electron chi connectivity index (χ4n) is 2.27. The number of nitrogens with one attached hydrogen (secondary N) is 2. The molecule has 0 aliphatic heterocycles. The molecule has 0 aliphatic rings. The molecule has 2 amide bonds. The van der Waals surface area contributed by atoms with E-state index in [1.807, 2.05) is 51.1 Å². The van der Waals surface area contributed by atoms with Crippen LogP contribution in [0.25, 0.3) is 0 Å². The van der Waals surface area contributed by atoms with Gasteiger partial charge in [0.15, 0.2) is 0 Å². The Balaban J connectivity index is 1.88. The summed E-state index contributed by atoms with van der Waals surface area (Å²) in [6, 6.07) is 16.5. The first-order valence-corrected chi connectivity index (χ1v) is 8.35. The van der Waals surface area contributed by atoms with Gasteiger partial charge in [-0.25, -0.2) is 9.59 Å². The number of rotatable bonds is 6. The monoisotopic (exact) mass is 340 g/mol. The van der Waals surface area contributed by atoms with Crippen molar-refractivity contribution in [3.8, 4) is 0 Å². The van der Waals surface area contributed by atoms with Gasteiger partial charge in [-0.3, -0.25) is 0 Å². The normalized spacial score (nSPS) is 11.7. The third-order valence-corrected chi connectivity index (χ3v) is 3.62. The molecule has 0 unspecified atom stereocenters. The van der Waals surface area contributed by atoms with E-state index in [1.54, 1.807) is 24.3 Å². The van der Waals surface area contributed by atoms with E-state index in [4.69, 9.17) is 4.74 Å². The molecule has 0 fully saturated rings. The van der Waals surface area contributed by atoms with E-state index >= 15 is 0 Å². The first kappa shape index (κ1) is 18.5.